The highest BCUT2D eigenvalue weighted by Crippen LogP contribution is 2.22. The monoisotopic (exact) mass is 489 g/mol. The van der Waals surface area contributed by atoms with Gasteiger partial charge in [-0.25, -0.2) is 10.1 Å². The molecule has 1 heterocycles. The first kappa shape index (κ1) is 21.7. The lowest BCUT2D eigenvalue weighted by molar-refractivity contribution is -0.113. The van der Waals surface area contributed by atoms with Crippen molar-refractivity contribution in [1.82, 2.24) is 14.9 Å². The van der Waals surface area contributed by atoms with Crippen molar-refractivity contribution in [2.45, 2.75) is 12.1 Å². The zero-order valence-corrected chi connectivity index (χ0v) is 18.7. The van der Waals surface area contributed by atoms with Gasteiger partial charge in [-0.05, 0) is 48.4 Å². The Labute approximate surface area is 186 Å². The first-order valence-electron chi connectivity index (χ1n) is 8.78. The highest BCUT2D eigenvalue weighted by atomic mass is 79.9. The molecule has 156 valence electrons. The van der Waals surface area contributed by atoms with Gasteiger partial charge in [0.05, 0.1) is 19.1 Å². The Balaban J connectivity index is 1.54. The summed E-state index contributed by atoms with van der Waals surface area (Å²) in [4.78, 5) is 12.3. The Hall–Kier alpha value is -3.05. The number of hydrazone groups is 1. The maximum atomic E-state index is 12.3. The number of hydrogen-bond donors (Lipinski definition) is 3. The summed E-state index contributed by atoms with van der Waals surface area (Å²) in [6, 6.07) is 13.1. The molecule has 3 rings (SSSR count). The van der Waals surface area contributed by atoms with E-state index in [9.17, 15) is 4.79 Å². The van der Waals surface area contributed by atoms with Gasteiger partial charge in [0.15, 0.2) is 0 Å². The van der Waals surface area contributed by atoms with E-state index >= 15 is 0 Å². The molecule has 1 amide bonds. The summed E-state index contributed by atoms with van der Waals surface area (Å²) in [6.07, 6.45) is 1.64. The maximum absolute atomic E-state index is 12.3. The molecule has 0 unspecified atom stereocenters. The molecular formula is C19H20BrN7O2S. The second-order valence-electron chi connectivity index (χ2n) is 6.12. The van der Waals surface area contributed by atoms with Gasteiger partial charge in [0.1, 0.15) is 5.75 Å². The third-order valence-electron chi connectivity index (χ3n) is 3.93. The van der Waals surface area contributed by atoms with Gasteiger partial charge >= 0.3 is 0 Å². The van der Waals surface area contributed by atoms with Crippen LogP contribution >= 0.6 is 27.7 Å². The first-order chi connectivity index (χ1) is 14.5. The highest BCUT2D eigenvalue weighted by Gasteiger charge is 2.13. The van der Waals surface area contributed by atoms with Crippen LogP contribution in [0.4, 0.5) is 11.6 Å². The van der Waals surface area contributed by atoms with Gasteiger partial charge in [-0.1, -0.05) is 39.8 Å². The lowest BCUT2D eigenvalue weighted by Gasteiger charge is -2.09. The van der Waals surface area contributed by atoms with E-state index in [-0.39, 0.29) is 17.6 Å². The molecule has 1 aromatic heterocycles. The molecule has 0 bridgehead atoms. The molecule has 0 saturated heterocycles. The standard InChI is InChI=1S/C19H20BrN7O2S/c1-12-8-15(29-2)6-7-16(12)23-17(28)11-30-19-26-25-18(27(19)21)24-22-10-13-4-3-5-14(20)9-13/h3-10H,11,21H2,1-2H3,(H,23,28)(H,24,25)/b22-10+. The van der Waals surface area contributed by atoms with Crippen LogP contribution in [0.15, 0.2) is 57.2 Å². The molecule has 0 aliphatic rings. The number of nitrogens with one attached hydrogen (secondary N) is 2. The zero-order valence-electron chi connectivity index (χ0n) is 16.3. The molecule has 4 N–H and O–H groups in total. The molecular weight excluding hydrogens is 470 g/mol. The molecule has 0 spiro atoms. The number of amides is 1. The second kappa shape index (κ2) is 10.1. The number of anilines is 2. The van der Waals surface area contributed by atoms with Gasteiger partial charge in [-0.15, -0.1) is 10.2 Å². The minimum Gasteiger partial charge on any atom is -0.497 e. The molecule has 0 radical (unpaired) electrons. The second-order valence-corrected chi connectivity index (χ2v) is 7.98. The van der Waals surface area contributed by atoms with E-state index in [1.807, 2.05) is 37.3 Å². The fourth-order valence-electron chi connectivity index (χ4n) is 2.42. The number of aromatic nitrogens is 3. The van der Waals surface area contributed by atoms with Crippen molar-refractivity contribution in [3.05, 3.63) is 58.1 Å². The average Bonchev–Trinajstić information content (AvgIpc) is 3.07. The third kappa shape index (κ3) is 5.74. The van der Waals surface area contributed by atoms with Gasteiger partial charge in [-0.3, -0.25) is 4.79 Å². The van der Waals surface area contributed by atoms with Crippen LogP contribution < -0.4 is 21.3 Å². The van der Waals surface area contributed by atoms with E-state index < -0.39 is 0 Å². The molecule has 0 aliphatic heterocycles. The summed E-state index contributed by atoms with van der Waals surface area (Å²) in [7, 11) is 1.60. The van der Waals surface area contributed by atoms with Crippen LogP contribution in [0.2, 0.25) is 0 Å². The summed E-state index contributed by atoms with van der Waals surface area (Å²) in [5.41, 5.74) is 5.27. The van der Waals surface area contributed by atoms with E-state index in [1.165, 1.54) is 16.4 Å². The summed E-state index contributed by atoms with van der Waals surface area (Å²) in [5, 5.41) is 15.3. The minimum absolute atomic E-state index is 0.127. The Kier molecular flexibility index (Phi) is 7.31. The number of nitrogen functional groups attached to an aromatic ring is 1. The van der Waals surface area contributed by atoms with Crippen molar-refractivity contribution in [1.29, 1.82) is 0 Å². The number of aryl methyl sites for hydroxylation is 1. The first-order valence-corrected chi connectivity index (χ1v) is 10.6. The van der Waals surface area contributed by atoms with Crippen LogP contribution in [-0.4, -0.2) is 39.9 Å². The largest absolute Gasteiger partial charge is 0.497 e. The predicted octanol–water partition coefficient (Wildman–Crippen LogP) is 3.25. The smallest absolute Gasteiger partial charge is 0.264 e. The predicted molar refractivity (Wildman–Crippen MR) is 123 cm³/mol. The SMILES string of the molecule is COc1ccc(NC(=O)CSc2nnc(N/N=C/c3cccc(Br)c3)n2N)c(C)c1. The maximum Gasteiger partial charge on any atom is 0.264 e. The van der Waals surface area contributed by atoms with E-state index in [0.717, 1.165) is 27.0 Å². The number of thioether (sulfide) groups is 1. The number of rotatable bonds is 8. The van der Waals surface area contributed by atoms with E-state index in [4.69, 9.17) is 10.6 Å². The van der Waals surface area contributed by atoms with Crippen molar-refractivity contribution in [3.8, 4) is 5.75 Å². The normalized spacial score (nSPS) is 10.9. The van der Waals surface area contributed by atoms with Crippen molar-refractivity contribution in [2.24, 2.45) is 5.10 Å². The van der Waals surface area contributed by atoms with E-state index in [1.54, 1.807) is 25.5 Å². The molecule has 30 heavy (non-hydrogen) atoms. The zero-order chi connectivity index (χ0) is 21.5. The lowest BCUT2D eigenvalue weighted by Crippen LogP contribution is -2.17. The number of carbonyl (C=O) groups is 1. The number of benzene rings is 2. The minimum atomic E-state index is -0.182. The van der Waals surface area contributed by atoms with Crippen LogP contribution in [0, 0.1) is 6.92 Å². The number of carbonyl (C=O) groups excluding carboxylic acids is 1. The molecule has 9 nitrogen and oxygen atoms in total. The fraction of sp³-hybridized carbons (Fsp3) is 0.158. The average molecular weight is 490 g/mol. The van der Waals surface area contributed by atoms with Gasteiger partial charge in [0.2, 0.25) is 11.1 Å². The van der Waals surface area contributed by atoms with Gasteiger partial charge < -0.3 is 15.9 Å². The molecule has 11 heteroatoms. The van der Waals surface area contributed by atoms with Crippen LogP contribution in [0.25, 0.3) is 0 Å². The molecule has 0 saturated carbocycles. The van der Waals surface area contributed by atoms with E-state index in [0.29, 0.717) is 5.16 Å². The van der Waals surface area contributed by atoms with Crippen LogP contribution in [0.3, 0.4) is 0 Å². The summed E-state index contributed by atoms with van der Waals surface area (Å²) < 4.78 is 7.37. The molecule has 2 aromatic carbocycles. The molecule has 0 aliphatic carbocycles. The Morgan fingerprint density at radius 2 is 2.17 bits per heavy atom. The molecule has 0 fully saturated rings. The fourth-order valence-corrected chi connectivity index (χ4v) is 3.50. The Morgan fingerprint density at radius 1 is 1.33 bits per heavy atom. The van der Waals surface area contributed by atoms with Crippen LogP contribution in [0.1, 0.15) is 11.1 Å². The quantitative estimate of drug-likeness (QED) is 0.192. The van der Waals surface area contributed by atoms with Crippen molar-refractivity contribution < 1.29 is 9.53 Å². The summed E-state index contributed by atoms with van der Waals surface area (Å²) >= 11 is 4.57. The molecule has 0 atom stereocenters. The van der Waals surface area contributed by atoms with Crippen molar-refractivity contribution in [2.75, 3.05) is 29.4 Å². The number of hydrogen-bond acceptors (Lipinski definition) is 8. The summed E-state index contributed by atoms with van der Waals surface area (Å²) in [5.74, 6) is 6.92. The van der Waals surface area contributed by atoms with Crippen molar-refractivity contribution in [3.63, 3.8) is 0 Å². The lowest BCUT2D eigenvalue weighted by atomic mass is 10.2. The Morgan fingerprint density at radius 3 is 2.90 bits per heavy atom. The van der Waals surface area contributed by atoms with Crippen LogP contribution in [-0.2, 0) is 4.79 Å². The van der Waals surface area contributed by atoms with Gasteiger partial charge in [0, 0.05) is 10.2 Å². The van der Waals surface area contributed by atoms with Gasteiger partial charge in [0.25, 0.3) is 5.95 Å². The van der Waals surface area contributed by atoms with Crippen LogP contribution in [0.5, 0.6) is 5.75 Å². The number of nitrogens with two attached hydrogens (primary N) is 1. The number of halogens is 1. The van der Waals surface area contributed by atoms with E-state index in [2.05, 4.69) is 42.0 Å². The van der Waals surface area contributed by atoms with Gasteiger partial charge in [-0.2, -0.15) is 5.10 Å². The summed E-state index contributed by atoms with van der Waals surface area (Å²) in [6.45, 7) is 1.90. The topological polar surface area (TPSA) is 119 Å². The molecule has 3 aromatic rings. The third-order valence-corrected chi connectivity index (χ3v) is 5.37. The van der Waals surface area contributed by atoms with Crippen molar-refractivity contribution >= 4 is 51.4 Å². The number of nitrogens with zero attached hydrogens (tertiary/aromatic N) is 4. The number of ether oxygens (including phenoxy) is 1. The Bertz CT molecular complexity index is 1070. The number of methoxy groups -OCH3 is 1. The highest BCUT2D eigenvalue weighted by molar-refractivity contribution is 9.10.